The van der Waals surface area contributed by atoms with Crippen molar-refractivity contribution in [1.82, 2.24) is 5.16 Å². The zero-order valence-electron chi connectivity index (χ0n) is 12.4. The van der Waals surface area contributed by atoms with E-state index in [-0.39, 0.29) is 28.3 Å². The summed E-state index contributed by atoms with van der Waals surface area (Å²) in [6.45, 7) is -0.657. The van der Waals surface area contributed by atoms with Gasteiger partial charge >= 0.3 is 0 Å². The van der Waals surface area contributed by atoms with Crippen LogP contribution < -0.4 is 0 Å². The van der Waals surface area contributed by atoms with Crippen LogP contribution in [-0.4, -0.2) is 15.2 Å². The van der Waals surface area contributed by atoms with Gasteiger partial charge in [0.15, 0.2) is 17.4 Å². The van der Waals surface area contributed by atoms with Gasteiger partial charge in [-0.1, -0.05) is 17.3 Å². The Morgan fingerprint density at radius 2 is 1.84 bits per heavy atom. The molecule has 1 heterocycles. The summed E-state index contributed by atoms with van der Waals surface area (Å²) in [4.78, 5) is 10.3. The van der Waals surface area contributed by atoms with Gasteiger partial charge in [-0.2, -0.15) is 0 Å². The van der Waals surface area contributed by atoms with Gasteiger partial charge in [0.25, 0.3) is 5.69 Å². The zero-order valence-corrected chi connectivity index (χ0v) is 12.4. The molecule has 0 aliphatic heterocycles. The molecule has 25 heavy (non-hydrogen) atoms. The molecule has 3 rings (SSSR count). The molecule has 0 aliphatic rings. The van der Waals surface area contributed by atoms with Crippen LogP contribution in [0.15, 0.2) is 40.9 Å². The molecule has 3 aromatic rings. The van der Waals surface area contributed by atoms with Crippen molar-refractivity contribution in [2.45, 2.75) is 6.61 Å². The van der Waals surface area contributed by atoms with E-state index in [0.29, 0.717) is 12.1 Å². The number of hydrogen-bond acceptors (Lipinski definition) is 5. The standard InChI is InChI=1S/C16H9F3N2O4/c17-12-6-14(19)13(18)5-10(12)16-11(7-22)15(20-25-16)8-2-1-3-9(4-8)21(23)24/h1-6,22H,7H2. The monoisotopic (exact) mass is 350 g/mol. The molecule has 0 aliphatic carbocycles. The van der Waals surface area contributed by atoms with Crippen molar-refractivity contribution in [2.24, 2.45) is 0 Å². The van der Waals surface area contributed by atoms with E-state index in [1.165, 1.54) is 24.3 Å². The fraction of sp³-hybridized carbons (Fsp3) is 0.0625. The Morgan fingerprint density at radius 3 is 2.52 bits per heavy atom. The van der Waals surface area contributed by atoms with E-state index in [1.807, 2.05) is 0 Å². The van der Waals surface area contributed by atoms with Crippen molar-refractivity contribution in [3.05, 3.63) is 69.5 Å². The molecular weight excluding hydrogens is 341 g/mol. The van der Waals surface area contributed by atoms with Crippen molar-refractivity contribution in [3.63, 3.8) is 0 Å². The Balaban J connectivity index is 2.16. The Bertz CT molecular complexity index is 972. The highest BCUT2D eigenvalue weighted by Gasteiger charge is 2.23. The molecule has 1 N–H and O–H groups in total. The average Bonchev–Trinajstić information content (AvgIpc) is 3.02. The third-order valence-corrected chi connectivity index (χ3v) is 3.53. The lowest BCUT2D eigenvalue weighted by Gasteiger charge is -2.04. The van der Waals surface area contributed by atoms with Crippen LogP contribution in [0.3, 0.4) is 0 Å². The molecule has 0 bridgehead atoms. The summed E-state index contributed by atoms with van der Waals surface area (Å²) < 4.78 is 45.4. The summed E-state index contributed by atoms with van der Waals surface area (Å²) in [6.07, 6.45) is 0. The lowest BCUT2D eigenvalue weighted by Crippen LogP contribution is -1.94. The number of non-ortho nitro benzene ring substituents is 1. The van der Waals surface area contributed by atoms with Gasteiger partial charge in [-0.3, -0.25) is 10.1 Å². The van der Waals surface area contributed by atoms with Crippen LogP contribution in [0.1, 0.15) is 5.56 Å². The highest BCUT2D eigenvalue weighted by molar-refractivity contribution is 5.73. The van der Waals surface area contributed by atoms with Crippen LogP contribution in [0.2, 0.25) is 0 Å². The summed E-state index contributed by atoms with van der Waals surface area (Å²) in [6, 6.07) is 6.28. The lowest BCUT2D eigenvalue weighted by molar-refractivity contribution is -0.384. The minimum Gasteiger partial charge on any atom is -0.391 e. The van der Waals surface area contributed by atoms with Gasteiger partial charge in [0, 0.05) is 23.8 Å². The van der Waals surface area contributed by atoms with Crippen LogP contribution in [0.25, 0.3) is 22.6 Å². The van der Waals surface area contributed by atoms with E-state index >= 15 is 0 Å². The average molecular weight is 350 g/mol. The Morgan fingerprint density at radius 1 is 1.12 bits per heavy atom. The first-order valence-corrected chi connectivity index (χ1v) is 6.91. The number of aromatic nitrogens is 1. The number of aliphatic hydroxyl groups excluding tert-OH is 1. The van der Waals surface area contributed by atoms with Crippen LogP contribution in [-0.2, 0) is 6.61 Å². The largest absolute Gasteiger partial charge is 0.391 e. The Hall–Kier alpha value is -3.20. The maximum atomic E-state index is 13.9. The zero-order chi connectivity index (χ0) is 18.1. The highest BCUT2D eigenvalue weighted by atomic mass is 19.2. The second-order valence-electron chi connectivity index (χ2n) is 5.05. The summed E-state index contributed by atoms with van der Waals surface area (Å²) in [7, 11) is 0. The summed E-state index contributed by atoms with van der Waals surface area (Å²) in [5, 5.41) is 24.1. The quantitative estimate of drug-likeness (QED) is 0.439. The summed E-state index contributed by atoms with van der Waals surface area (Å²) in [5.74, 6) is -4.06. The second-order valence-corrected chi connectivity index (χ2v) is 5.05. The SMILES string of the molecule is O=[N+]([O-])c1cccc(-c2noc(-c3cc(F)c(F)cc3F)c2CO)c1. The van der Waals surface area contributed by atoms with E-state index in [1.54, 1.807) is 0 Å². The number of benzene rings is 2. The van der Waals surface area contributed by atoms with E-state index in [2.05, 4.69) is 5.16 Å². The molecule has 1 aromatic heterocycles. The van der Waals surface area contributed by atoms with Crippen molar-refractivity contribution < 1.29 is 27.7 Å². The molecule has 2 aromatic carbocycles. The number of nitro benzene ring substituents is 1. The summed E-state index contributed by atoms with van der Waals surface area (Å²) in [5.41, 5.74) is -0.371. The summed E-state index contributed by atoms with van der Waals surface area (Å²) >= 11 is 0. The first-order valence-electron chi connectivity index (χ1n) is 6.91. The number of hydrogen-bond donors (Lipinski definition) is 1. The number of nitrogens with zero attached hydrogens (tertiary/aromatic N) is 2. The predicted molar refractivity (Wildman–Crippen MR) is 79.8 cm³/mol. The Labute approximate surface area is 138 Å². The first kappa shape index (κ1) is 16.7. The van der Waals surface area contributed by atoms with E-state index in [4.69, 9.17) is 4.52 Å². The Kier molecular flexibility index (Phi) is 4.24. The van der Waals surface area contributed by atoms with Crippen molar-refractivity contribution in [2.75, 3.05) is 0 Å². The molecule has 6 nitrogen and oxygen atoms in total. The van der Waals surface area contributed by atoms with Crippen molar-refractivity contribution >= 4 is 5.69 Å². The van der Waals surface area contributed by atoms with Gasteiger partial charge < -0.3 is 9.63 Å². The molecule has 9 heteroatoms. The van der Waals surface area contributed by atoms with E-state index < -0.39 is 34.5 Å². The fourth-order valence-corrected chi connectivity index (χ4v) is 2.36. The number of halogens is 3. The maximum Gasteiger partial charge on any atom is 0.270 e. The number of aliphatic hydroxyl groups is 1. The number of nitro groups is 1. The van der Waals surface area contributed by atoms with Crippen molar-refractivity contribution in [1.29, 1.82) is 0 Å². The molecule has 0 spiro atoms. The lowest BCUT2D eigenvalue weighted by atomic mass is 10.0. The molecule has 0 unspecified atom stereocenters. The van der Waals surface area contributed by atoms with Gasteiger partial charge in [0.1, 0.15) is 11.5 Å². The van der Waals surface area contributed by atoms with Gasteiger partial charge in [0.2, 0.25) is 0 Å². The minimum atomic E-state index is -1.37. The van der Waals surface area contributed by atoms with E-state index in [0.717, 1.165) is 0 Å². The highest BCUT2D eigenvalue weighted by Crippen LogP contribution is 2.35. The van der Waals surface area contributed by atoms with Crippen LogP contribution in [0, 0.1) is 27.6 Å². The molecule has 0 atom stereocenters. The fourth-order valence-electron chi connectivity index (χ4n) is 2.36. The molecule has 0 saturated carbocycles. The third kappa shape index (κ3) is 2.96. The molecular formula is C16H9F3N2O4. The van der Waals surface area contributed by atoms with Crippen LogP contribution >= 0.6 is 0 Å². The molecule has 128 valence electrons. The predicted octanol–water partition coefficient (Wildman–Crippen LogP) is 3.83. The van der Waals surface area contributed by atoms with Gasteiger partial charge in [-0.25, -0.2) is 13.2 Å². The smallest absolute Gasteiger partial charge is 0.270 e. The number of rotatable bonds is 4. The molecule has 0 saturated heterocycles. The van der Waals surface area contributed by atoms with E-state index in [9.17, 15) is 28.4 Å². The molecule has 0 amide bonds. The molecule has 0 fully saturated rings. The van der Waals surface area contributed by atoms with Gasteiger partial charge in [-0.15, -0.1) is 0 Å². The van der Waals surface area contributed by atoms with Crippen LogP contribution in [0.5, 0.6) is 0 Å². The third-order valence-electron chi connectivity index (χ3n) is 3.53. The second kappa shape index (κ2) is 6.36. The normalized spacial score (nSPS) is 10.9. The first-order chi connectivity index (χ1) is 11.9. The minimum absolute atomic E-state index is 0.00888. The van der Waals surface area contributed by atoms with Gasteiger partial charge in [0.05, 0.1) is 22.7 Å². The van der Waals surface area contributed by atoms with Crippen molar-refractivity contribution in [3.8, 4) is 22.6 Å². The molecule has 0 radical (unpaired) electrons. The van der Waals surface area contributed by atoms with Gasteiger partial charge in [-0.05, 0) is 6.07 Å². The maximum absolute atomic E-state index is 13.9. The topological polar surface area (TPSA) is 89.4 Å². The van der Waals surface area contributed by atoms with Crippen LogP contribution in [0.4, 0.5) is 18.9 Å².